The zero-order valence-electron chi connectivity index (χ0n) is 15.5. The van der Waals surface area contributed by atoms with Crippen molar-refractivity contribution < 1.29 is 17.9 Å². The smallest absolute Gasteiger partial charge is 0.406 e. The Morgan fingerprint density at radius 3 is 2.48 bits per heavy atom. The van der Waals surface area contributed by atoms with Crippen molar-refractivity contribution in [3.63, 3.8) is 0 Å². The summed E-state index contributed by atoms with van der Waals surface area (Å²) >= 11 is 0. The van der Waals surface area contributed by atoms with Crippen molar-refractivity contribution in [1.82, 2.24) is 23.9 Å². The van der Waals surface area contributed by atoms with E-state index in [1.165, 1.54) is 16.7 Å². The van der Waals surface area contributed by atoms with Crippen molar-refractivity contribution in [2.75, 3.05) is 0 Å². The number of hydrogen-bond acceptors (Lipinski definition) is 4. The van der Waals surface area contributed by atoms with Crippen LogP contribution in [0.5, 0.6) is 5.75 Å². The highest BCUT2D eigenvalue weighted by Crippen LogP contribution is 2.28. The van der Waals surface area contributed by atoms with E-state index in [1.807, 2.05) is 13.1 Å². The molecule has 3 heterocycles. The molecule has 0 atom stereocenters. The van der Waals surface area contributed by atoms with Crippen LogP contribution in [0.3, 0.4) is 0 Å². The number of aromatic nitrogens is 5. The quantitative estimate of drug-likeness (QED) is 0.523. The zero-order valence-corrected chi connectivity index (χ0v) is 15.5. The molecule has 0 aliphatic rings. The number of pyridine rings is 1. The van der Waals surface area contributed by atoms with Gasteiger partial charge in [-0.15, -0.1) is 13.2 Å². The second-order valence-electron chi connectivity index (χ2n) is 6.40. The molecule has 0 saturated carbocycles. The highest BCUT2D eigenvalue weighted by atomic mass is 19.4. The molecule has 7 nitrogen and oxygen atoms in total. The van der Waals surface area contributed by atoms with Gasteiger partial charge in [-0.3, -0.25) is 14.0 Å². The first-order valence-electron chi connectivity index (χ1n) is 8.72. The summed E-state index contributed by atoms with van der Waals surface area (Å²) in [6.45, 7) is 2.65. The molecule has 0 aliphatic carbocycles. The first-order chi connectivity index (χ1) is 13.8. The molecule has 0 unspecified atom stereocenters. The number of halogens is 3. The topological polar surface area (TPSA) is 66.9 Å². The Morgan fingerprint density at radius 2 is 1.86 bits per heavy atom. The lowest BCUT2D eigenvalue weighted by molar-refractivity contribution is -0.274. The summed E-state index contributed by atoms with van der Waals surface area (Å²) < 4.78 is 45.9. The number of ether oxygens (including phenoxy) is 1. The molecule has 4 rings (SSSR count). The van der Waals surface area contributed by atoms with Gasteiger partial charge in [-0.2, -0.15) is 5.10 Å². The lowest BCUT2D eigenvalue weighted by Gasteiger charge is -2.12. The van der Waals surface area contributed by atoms with E-state index in [1.54, 1.807) is 35.0 Å². The van der Waals surface area contributed by atoms with E-state index in [4.69, 9.17) is 0 Å². The van der Waals surface area contributed by atoms with E-state index in [0.717, 1.165) is 23.3 Å². The van der Waals surface area contributed by atoms with E-state index in [0.29, 0.717) is 17.7 Å². The largest absolute Gasteiger partial charge is 0.573 e. The van der Waals surface area contributed by atoms with Gasteiger partial charge in [0.15, 0.2) is 5.52 Å². The molecule has 0 N–H and O–H groups in total. The van der Waals surface area contributed by atoms with Crippen LogP contribution in [0.4, 0.5) is 13.2 Å². The second-order valence-corrected chi connectivity index (χ2v) is 6.40. The average Bonchev–Trinajstić information content (AvgIpc) is 3.29. The van der Waals surface area contributed by atoms with Crippen molar-refractivity contribution in [1.29, 1.82) is 0 Å². The molecule has 1 aromatic carbocycles. The van der Waals surface area contributed by atoms with E-state index in [9.17, 15) is 18.0 Å². The van der Waals surface area contributed by atoms with Gasteiger partial charge in [-0.1, -0.05) is 0 Å². The molecule has 10 heteroatoms. The number of benzene rings is 1. The van der Waals surface area contributed by atoms with Crippen LogP contribution in [0.25, 0.3) is 27.8 Å². The minimum Gasteiger partial charge on any atom is -0.406 e. The van der Waals surface area contributed by atoms with E-state index >= 15 is 0 Å². The summed E-state index contributed by atoms with van der Waals surface area (Å²) in [5.41, 5.74) is 2.45. The molecule has 0 fully saturated rings. The lowest BCUT2D eigenvalue weighted by atomic mass is 10.1. The fourth-order valence-electron chi connectivity index (χ4n) is 3.15. The summed E-state index contributed by atoms with van der Waals surface area (Å²) in [6, 6.07) is 5.09. The van der Waals surface area contributed by atoms with Gasteiger partial charge in [0.25, 0.3) is 5.56 Å². The lowest BCUT2D eigenvalue weighted by Crippen LogP contribution is -2.19. The highest BCUT2D eigenvalue weighted by Gasteiger charge is 2.31. The fraction of sp³-hybridized carbons (Fsp3) is 0.211. The molecule has 0 saturated heterocycles. The van der Waals surface area contributed by atoms with E-state index in [2.05, 4.69) is 14.8 Å². The molecule has 3 aromatic heterocycles. The number of imidazole rings is 1. The maximum atomic E-state index is 13.0. The van der Waals surface area contributed by atoms with Gasteiger partial charge in [-0.05, 0) is 31.2 Å². The Bertz CT molecular complexity index is 1240. The van der Waals surface area contributed by atoms with E-state index in [-0.39, 0.29) is 16.8 Å². The average molecular weight is 403 g/mol. The van der Waals surface area contributed by atoms with Gasteiger partial charge >= 0.3 is 6.36 Å². The molecule has 0 spiro atoms. The third-order valence-corrected chi connectivity index (χ3v) is 4.49. The molecular weight excluding hydrogens is 387 g/mol. The zero-order chi connectivity index (χ0) is 20.8. The molecule has 29 heavy (non-hydrogen) atoms. The third-order valence-electron chi connectivity index (χ3n) is 4.49. The molecular formula is C19H16F3N5O2. The predicted octanol–water partition coefficient (Wildman–Crippen LogP) is 3.51. The molecule has 0 radical (unpaired) electrons. The number of nitrogens with zero attached hydrogens (tertiary/aromatic N) is 5. The first-order valence-corrected chi connectivity index (χ1v) is 8.72. The molecule has 150 valence electrons. The van der Waals surface area contributed by atoms with Gasteiger partial charge in [-0.25, -0.2) is 4.98 Å². The fourth-order valence-corrected chi connectivity index (χ4v) is 3.15. The minimum atomic E-state index is -4.78. The molecule has 0 amide bonds. The number of hydrogen-bond donors (Lipinski definition) is 0. The molecule has 4 aromatic rings. The highest BCUT2D eigenvalue weighted by molar-refractivity contribution is 5.91. The third kappa shape index (κ3) is 3.48. The Hall–Kier alpha value is -3.56. The van der Waals surface area contributed by atoms with Crippen LogP contribution >= 0.6 is 0 Å². The van der Waals surface area contributed by atoms with Crippen LogP contribution in [0, 0.1) is 0 Å². The minimum absolute atomic E-state index is 0.255. The molecule has 0 bridgehead atoms. The number of alkyl halides is 3. The first kappa shape index (κ1) is 18.8. The normalized spacial score (nSPS) is 11.9. The number of fused-ring (bicyclic) bond motifs is 1. The van der Waals surface area contributed by atoms with Crippen LogP contribution < -0.4 is 10.3 Å². The SMILES string of the molecule is CCn1cc(-c2cn(-c3ccc(OC(F)(F)F)cc3)c(=O)c3ncn(C)c23)cn1. The van der Waals surface area contributed by atoms with Gasteiger partial charge in [0.1, 0.15) is 5.75 Å². The summed E-state index contributed by atoms with van der Waals surface area (Å²) in [5.74, 6) is -0.363. The molecule has 0 aliphatic heterocycles. The van der Waals surface area contributed by atoms with Crippen molar-refractivity contribution in [3.05, 3.63) is 59.5 Å². The maximum absolute atomic E-state index is 13.0. The van der Waals surface area contributed by atoms with Crippen LogP contribution in [-0.4, -0.2) is 30.3 Å². The summed E-state index contributed by atoms with van der Waals surface area (Å²) in [6.07, 6.45) is 1.96. The van der Waals surface area contributed by atoms with E-state index < -0.39 is 6.36 Å². The van der Waals surface area contributed by atoms with Gasteiger partial charge in [0.05, 0.1) is 18.0 Å². The van der Waals surface area contributed by atoms with Gasteiger partial charge < -0.3 is 9.30 Å². The maximum Gasteiger partial charge on any atom is 0.573 e. The monoisotopic (exact) mass is 403 g/mol. The Labute approximate surface area is 162 Å². The van der Waals surface area contributed by atoms with Crippen LogP contribution in [-0.2, 0) is 13.6 Å². The summed E-state index contributed by atoms with van der Waals surface area (Å²) in [4.78, 5) is 17.2. The predicted molar refractivity (Wildman–Crippen MR) is 99.9 cm³/mol. The Morgan fingerprint density at radius 1 is 1.14 bits per heavy atom. The van der Waals surface area contributed by atoms with Crippen LogP contribution in [0.15, 0.2) is 54.0 Å². The Balaban J connectivity index is 1.87. The van der Waals surface area contributed by atoms with Gasteiger partial charge in [0.2, 0.25) is 0 Å². The standard InChI is InChI=1S/C19H16F3N5O2/c1-3-26-9-12(8-24-26)15-10-27(18(28)16-17(15)25(2)11-23-16)13-4-6-14(7-5-13)29-19(20,21)22/h4-11H,3H2,1-2H3. The summed E-state index contributed by atoms with van der Waals surface area (Å²) in [7, 11) is 1.79. The van der Waals surface area contributed by atoms with Crippen molar-refractivity contribution >= 4 is 11.0 Å². The van der Waals surface area contributed by atoms with Crippen molar-refractivity contribution in [2.24, 2.45) is 7.05 Å². The number of aryl methyl sites for hydroxylation is 2. The van der Waals surface area contributed by atoms with Crippen molar-refractivity contribution in [3.8, 4) is 22.6 Å². The summed E-state index contributed by atoms with van der Waals surface area (Å²) in [5, 5.41) is 4.28. The second kappa shape index (κ2) is 6.80. The van der Waals surface area contributed by atoms with Crippen molar-refractivity contribution in [2.45, 2.75) is 19.8 Å². The number of rotatable bonds is 4. The van der Waals surface area contributed by atoms with Crippen LogP contribution in [0.2, 0.25) is 0 Å². The van der Waals surface area contributed by atoms with Gasteiger partial charge in [0, 0.05) is 42.8 Å². The Kier molecular flexibility index (Phi) is 4.40. The van der Waals surface area contributed by atoms with Crippen LogP contribution in [0.1, 0.15) is 6.92 Å².